The van der Waals surface area contributed by atoms with E-state index in [1.54, 1.807) is 6.07 Å². The first kappa shape index (κ1) is 23.9. The fraction of sp³-hybridized carbons (Fsp3) is 0.208. The summed E-state index contributed by atoms with van der Waals surface area (Å²) >= 11 is 0. The van der Waals surface area contributed by atoms with Crippen LogP contribution in [0.5, 0.6) is 5.75 Å². The number of rotatable bonds is 5. The van der Waals surface area contributed by atoms with Crippen LogP contribution < -0.4 is 4.74 Å². The van der Waals surface area contributed by atoms with Crippen molar-refractivity contribution >= 4 is 9.84 Å². The van der Waals surface area contributed by atoms with Gasteiger partial charge in [-0.05, 0) is 48.4 Å². The molecule has 7 nitrogen and oxygen atoms in total. The van der Waals surface area contributed by atoms with Gasteiger partial charge in [-0.2, -0.15) is 17.6 Å². The molecule has 0 unspecified atom stereocenters. The van der Waals surface area contributed by atoms with Crippen LogP contribution in [0.4, 0.5) is 17.6 Å². The number of nitrogens with zero attached hydrogens (tertiary/aromatic N) is 4. The van der Waals surface area contributed by atoms with Gasteiger partial charge >= 0.3 is 6.18 Å². The second kappa shape index (κ2) is 9.01. The zero-order chi connectivity index (χ0) is 25.5. The molecule has 3 heterocycles. The Bertz CT molecular complexity index is 1520. The summed E-state index contributed by atoms with van der Waals surface area (Å²) in [5.74, 6) is -1.35. The van der Waals surface area contributed by atoms with Crippen LogP contribution in [0.1, 0.15) is 34.7 Å². The number of hydrogen-bond acceptors (Lipinski definition) is 6. The molecule has 0 saturated carbocycles. The summed E-state index contributed by atoms with van der Waals surface area (Å²) in [6, 6.07) is 11.7. The van der Waals surface area contributed by atoms with Gasteiger partial charge in [-0.15, -0.1) is 5.10 Å². The lowest BCUT2D eigenvalue weighted by Crippen LogP contribution is -2.18. The highest BCUT2D eigenvalue weighted by molar-refractivity contribution is 7.90. The number of ether oxygens (including phenoxy) is 1. The Labute approximate surface area is 203 Å². The van der Waals surface area contributed by atoms with E-state index in [-0.39, 0.29) is 28.8 Å². The van der Waals surface area contributed by atoms with E-state index in [2.05, 4.69) is 15.3 Å². The molecule has 4 aromatic rings. The van der Waals surface area contributed by atoms with Crippen molar-refractivity contribution in [3.8, 4) is 11.4 Å². The summed E-state index contributed by atoms with van der Waals surface area (Å²) in [5.41, 5.74) is 0.655. The number of benzene rings is 2. The van der Waals surface area contributed by atoms with Crippen molar-refractivity contribution in [1.29, 1.82) is 0 Å². The number of halogens is 4. The third-order valence-corrected chi connectivity index (χ3v) is 7.54. The predicted molar refractivity (Wildman–Crippen MR) is 120 cm³/mol. The molecule has 12 heteroatoms. The number of pyridine rings is 1. The second-order valence-electron chi connectivity index (χ2n) is 8.22. The largest absolute Gasteiger partial charge is 0.493 e. The first-order chi connectivity index (χ1) is 17.1. The molecular formula is C24H18F4N4O3S. The minimum Gasteiger partial charge on any atom is -0.493 e. The number of fused-ring (bicyclic) bond motifs is 1. The van der Waals surface area contributed by atoms with Crippen LogP contribution in [-0.2, 0) is 21.8 Å². The Morgan fingerprint density at radius 3 is 2.58 bits per heavy atom. The Balaban J connectivity index is 1.53. The first-order valence-electron chi connectivity index (χ1n) is 10.8. The molecule has 0 bridgehead atoms. The van der Waals surface area contributed by atoms with Crippen molar-refractivity contribution in [2.24, 2.45) is 0 Å². The van der Waals surface area contributed by atoms with Crippen LogP contribution >= 0.6 is 0 Å². The summed E-state index contributed by atoms with van der Waals surface area (Å²) in [7, 11) is -3.87. The Morgan fingerprint density at radius 1 is 1.06 bits per heavy atom. The maximum Gasteiger partial charge on any atom is 0.416 e. The fourth-order valence-corrected chi connectivity index (χ4v) is 5.52. The summed E-state index contributed by atoms with van der Waals surface area (Å²) in [6.45, 7) is 0.227. The molecule has 2 aromatic carbocycles. The van der Waals surface area contributed by atoms with Gasteiger partial charge in [0.1, 0.15) is 5.75 Å². The number of aromatic nitrogens is 4. The number of sulfone groups is 1. The van der Waals surface area contributed by atoms with Crippen molar-refractivity contribution in [2.75, 3.05) is 6.61 Å². The van der Waals surface area contributed by atoms with Crippen molar-refractivity contribution in [2.45, 2.75) is 29.2 Å². The minimum absolute atomic E-state index is 0.0307. The quantitative estimate of drug-likeness (QED) is 0.281. The molecule has 0 fully saturated rings. The highest BCUT2D eigenvalue weighted by Crippen LogP contribution is 2.42. The summed E-state index contributed by atoms with van der Waals surface area (Å²) in [6.07, 6.45) is -1.26. The van der Waals surface area contributed by atoms with Crippen LogP contribution in [0.15, 0.2) is 71.9 Å². The molecule has 5 rings (SSSR count). The molecule has 1 atom stereocenters. The van der Waals surface area contributed by atoms with Gasteiger partial charge in [-0.1, -0.05) is 23.4 Å². The van der Waals surface area contributed by atoms with Gasteiger partial charge in [0.15, 0.2) is 9.84 Å². The van der Waals surface area contributed by atoms with Gasteiger partial charge in [0.2, 0.25) is 5.95 Å². The summed E-state index contributed by atoms with van der Waals surface area (Å²) in [5, 5.41) is 7.58. The van der Waals surface area contributed by atoms with Gasteiger partial charge in [0, 0.05) is 11.5 Å². The van der Waals surface area contributed by atoms with E-state index in [0.717, 1.165) is 18.2 Å². The molecule has 2 aromatic heterocycles. The van der Waals surface area contributed by atoms with Gasteiger partial charge in [-0.25, -0.2) is 18.1 Å². The van der Waals surface area contributed by atoms with Gasteiger partial charge in [-0.3, -0.25) is 0 Å². The van der Waals surface area contributed by atoms with E-state index in [1.165, 1.54) is 47.4 Å². The van der Waals surface area contributed by atoms with Gasteiger partial charge in [0.25, 0.3) is 0 Å². The Hall–Kier alpha value is -3.80. The van der Waals surface area contributed by atoms with E-state index in [9.17, 15) is 26.0 Å². The maximum atomic E-state index is 13.4. The molecular weight excluding hydrogens is 500 g/mol. The van der Waals surface area contributed by atoms with Gasteiger partial charge < -0.3 is 4.74 Å². The summed E-state index contributed by atoms with van der Waals surface area (Å²) < 4.78 is 86.5. The van der Waals surface area contributed by atoms with Crippen LogP contribution in [0.2, 0.25) is 0 Å². The third-order valence-electron chi connectivity index (χ3n) is 5.90. The molecule has 0 N–H and O–H groups in total. The van der Waals surface area contributed by atoms with Crippen molar-refractivity contribution < 1.29 is 30.7 Å². The van der Waals surface area contributed by atoms with Crippen LogP contribution in [0.3, 0.4) is 0 Å². The number of hydrogen-bond donors (Lipinski definition) is 0. The molecule has 0 aliphatic carbocycles. The fourth-order valence-electron chi connectivity index (χ4n) is 4.24. The van der Waals surface area contributed by atoms with E-state index in [1.807, 2.05) is 0 Å². The maximum absolute atomic E-state index is 13.4. The SMILES string of the molecule is O=S(=O)(Cc1cccc(F)n1)c1ccc2c(c1)OCC[C@H]2c1ccc(C(F)(F)F)cc1-n1ccnn1. The van der Waals surface area contributed by atoms with E-state index in [0.29, 0.717) is 23.3 Å². The lowest BCUT2D eigenvalue weighted by atomic mass is 9.85. The second-order valence-corrected chi connectivity index (χ2v) is 10.2. The van der Waals surface area contributed by atoms with Crippen molar-refractivity contribution in [3.63, 3.8) is 0 Å². The van der Waals surface area contributed by atoms with Crippen LogP contribution in [0.25, 0.3) is 5.69 Å². The third kappa shape index (κ3) is 4.68. The molecule has 0 amide bonds. The predicted octanol–water partition coefficient (Wildman–Crippen LogP) is 4.71. The normalized spacial score (nSPS) is 15.8. The zero-order valence-electron chi connectivity index (χ0n) is 18.5. The molecule has 1 aliphatic heterocycles. The first-order valence-corrected chi connectivity index (χ1v) is 12.5. The Kier molecular flexibility index (Phi) is 5.99. The Morgan fingerprint density at radius 2 is 1.86 bits per heavy atom. The van der Waals surface area contributed by atoms with Crippen LogP contribution in [0, 0.1) is 5.95 Å². The van der Waals surface area contributed by atoms with Crippen molar-refractivity contribution in [3.05, 3.63) is 95.3 Å². The monoisotopic (exact) mass is 518 g/mol. The van der Waals surface area contributed by atoms with Crippen molar-refractivity contribution in [1.82, 2.24) is 20.0 Å². The lowest BCUT2D eigenvalue weighted by Gasteiger charge is -2.28. The topological polar surface area (TPSA) is 87.0 Å². The molecule has 0 radical (unpaired) electrons. The average molecular weight is 518 g/mol. The van der Waals surface area contributed by atoms with Crippen LogP contribution in [-0.4, -0.2) is 35.0 Å². The van der Waals surface area contributed by atoms with Gasteiger partial charge in [0.05, 0.1) is 46.6 Å². The highest BCUT2D eigenvalue weighted by Gasteiger charge is 2.33. The van der Waals surface area contributed by atoms with E-state index in [4.69, 9.17) is 4.74 Å². The molecule has 36 heavy (non-hydrogen) atoms. The molecule has 0 saturated heterocycles. The minimum atomic E-state index is -4.54. The molecule has 186 valence electrons. The zero-order valence-corrected chi connectivity index (χ0v) is 19.3. The van der Waals surface area contributed by atoms with E-state index < -0.39 is 33.3 Å². The number of alkyl halides is 3. The average Bonchev–Trinajstić information content (AvgIpc) is 3.37. The highest BCUT2D eigenvalue weighted by atomic mass is 32.2. The van der Waals surface area contributed by atoms with E-state index >= 15 is 0 Å². The summed E-state index contributed by atoms with van der Waals surface area (Å²) in [4.78, 5) is 3.58. The standard InChI is InChI=1S/C24H18F4N4O3S/c25-23-3-1-2-16(30-23)14-36(33,34)17-5-7-20-18(8-11-35-22(20)13-17)19-6-4-15(24(26,27)28)12-21(19)32-10-9-29-31-32/h1-7,9-10,12-13,18H,8,11,14H2/t18-/m0/s1. The molecule has 0 spiro atoms. The smallest absolute Gasteiger partial charge is 0.416 e. The lowest BCUT2D eigenvalue weighted by molar-refractivity contribution is -0.137. The molecule has 1 aliphatic rings.